The molecule has 3 aromatic carbocycles. The van der Waals surface area contributed by atoms with Gasteiger partial charge in [0.2, 0.25) is 0 Å². The summed E-state index contributed by atoms with van der Waals surface area (Å²) in [7, 11) is 0.763. The van der Waals surface area contributed by atoms with Crippen LogP contribution in [-0.2, 0) is 16.4 Å². The van der Waals surface area contributed by atoms with Gasteiger partial charge in [-0.3, -0.25) is 14.3 Å². The first-order valence-corrected chi connectivity index (χ1v) is 13.4. The Morgan fingerprint density at radius 3 is 2.22 bits per heavy atom. The standard InChI is InChI=1S/C29H27N3O3S/c1-4-36(34,35)25-13-11-24(12-14-25)32-28(33)16-10-23-18-30-27-15-9-22(17-26(27)29(23)32)21-7-5-20(6-8-21)19-31(2)3/h5-18H,4,19H2,1-3H3. The molecular weight excluding hydrogens is 470 g/mol. The topological polar surface area (TPSA) is 72.3 Å². The van der Waals surface area contributed by atoms with Crippen LogP contribution in [0.3, 0.4) is 0 Å². The van der Waals surface area contributed by atoms with E-state index >= 15 is 0 Å². The molecule has 0 spiro atoms. The van der Waals surface area contributed by atoms with Crippen molar-refractivity contribution in [2.75, 3.05) is 19.8 Å². The summed E-state index contributed by atoms with van der Waals surface area (Å²) in [4.78, 5) is 20.1. The van der Waals surface area contributed by atoms with Crippen LogP contribution in [0.25, 0.3) is 38.6 Å². The highest BCUT2D eigenvalue weighted by atomic mass is 32.2. The quantitative estimate of drug-likeness (QED) is 0.307. The smallest absolute Gasteiger partial charge is 0.255 e. The maximum Gasteiger partial charge on any atom is 0.255 e. The summed E-state index contributed by atoms with van der Waals surface area (Å²) < 4.78 is 26.2. The SMILES string of the molecule is CCS(=O)(=O)c1ccc(-n2c(=O)ccc3cnc4ccc(-c5ccc(CN(C)C)cc5)cc4c32)cc1. The van der Waals surface area contributed by atoms with Gasteiger partial charge < -0.3 is 4.90 Å². The average molecular weight is 498 g/mol. The van der Waals surface area contributed by atoms with Gasteiger partial charge in [-0.25, -0.2) is 8.42 Å². The highest BCUT2D eigenvalue weighted by molar-refractivity contribution is 7.91. The van der Waals surface area contributed by atoms with Crippen LogP contribution in [0.2, 0.25) is 0 Å². The molecule has 0 saturated carbocycles. The molecule has 0 aliphatic carbocycles. The van der Waals surface area contributed by atoms with E-state index in [9.17, 15) is 13.2 Å². The molecule has 0 fully saturated rings. The van der Waals surface area contributed by atoms with Crippen LogP contribution in [0.1, 0.15) is 12.5 Å². The molecule has 0 N–H and O–H groups in total. The van der Waals surface area contributed by atoms with E-state index in [0.717, 1.165) is 39.5 Å². The van der Waals surface area contributed by atoms with E-state index in [1.807, 2.05) is 26.2 Å². The van der Waals surface area contributed by atoms with Crippen LogP contribution in [0.15, 0.2) is 94.7 Å². The monoisotopic (exact) mass is 497 g/mol. The van der Waals surface area contributed by atoms with Crippen molar-refractivity contribution in [3.8, 4) is 16.8 Å². The molecule has 0 bridgehead atoms. The maximum atomic E-state index is 13.1. The fraction of sp³-hybridized carbons (Fsp3) is 0.172. The zero-order valence-corrected chi connectivity index (χ0v) is 21.3. The first kappa shape index (κ1) is 23.9. The van der Waals surface area contributed by atoms with E-state index in [1.165, 1.54) is 11.6 Å². The van der Waals surface area contributed by atoms with Crippen LogP contribution in [-0.4, -0.2) is 42.7 Å². The van der Waals surface area contributed by atoms with Gasteiger partial charge in [0.05, 0.1) is 21.7 Å². The van der Waals surface area contributed by atoms with Gasteiger partial charge in [0.25, 0.3) is 5.56 Å². The van der Waals surface area contributed by atoms with Crippen LogP contribution in [0.5, 0.6) is 0 Å². The van der Waals surface area contributed by atoms with Crippen molar-refractivity contribution in [1.29, 1.82) is 0 Å². The summed E-state index contributed by atoms with van der Waals surface area (Å²) in [6.45, 7) is 2.49. The molecule has 0 atom stereocenters. The molecule has 0 aliphatic heterocycles. The summed E-state index contributed by atoms with van der Waals surface area (Å²) in [5, 5.41) is 1.68. The lowest BCUT2D eigenvalue weighted by molar-refractivity contribution is 0.402. The van der Waals surface area contributed by atoms with Crippen LogP contribution >= 0.6 is 0 Å². The van der Waals surface area contributed by atoms with Crippen LogP contribution < -0.4 is 5.56 Å². The number of hydrogen-bond acceptors (Lipinski definition) is 5. The van der Waals surface area contributed by atoms with Crippen molar-refractivity contribution in [3.05, 3.63) is 101 Å². The summed E-state index contributed by atoms with van der Waals surface area (Å²) in [6.07, 6.45) is 1.76. The molecule has 2 aromatic heterocycles. The highest BCUT2D eigenvalue weighted by Gasteiger charge is 2.14. The average Bonchev–Trinajstić information content (AvgIpc) is 2.88. The maximum absolute atomic E-state index is 13.1. The van der Waals surface area contributed by atoms with E-state index in [-0.39, 0.29) is 16.2 Å². The molecule has 7 heteroatoms. The number of nitrogens with zero attached hydrogens (tertiary/aromatic N) is 3. The molecule has 0 amide bonds. The number of pyridine rings is 2. The fourth-order valence-electron chi connectivity index (χ4n) is 4.48. The fourth-order valence-corrected chi connectivity index (χ4v) is 5.37. The van der Waals surface area contributed by atoms with E-state index < -0.39 is 9.84 Å². The Morgan fingerprint density at radius 2 is 1.56 bits per heavy atom. The highest BCUT2D eigenvalue weighted by Crippen LogP contribution is 2.30. The minimum atomic E-state index is -3.33. The van der Waals surface area contributed by atoms with Gasteiger partial charge in [0, 0.05) is 35.3 Å². The Hall–Kier alpha value is -3.81. The van der Waals surface area contributed by atoms with Crippen molar-refractivity contribution in [3.63, 3.8) is 0 Å². The Morgan fingerprint density at radius 1 is 0.861 bits per heavy atom. The Kier molecular flexibility index (Phi) is 6.20. The van der Waals surface area contributed by atoms with Crippen molar-refractivity contribution >= 4 is 31.6 Å². The number of fused-ring (bicyclic) bond motifs is 3. The second-order valence-electron chi connectivity index (χ2n) is 9.13. The second kappa shape index (κ2) is 9.33. The normalized spacial score (nSPS) is 12.0. The molecule has 182 valence electrons. The number of rotatable bonds is 6. The molecule has 6 nitrogen and oxygen atoms in total. The summed E-state index contributed by atoms with van der Waals surface area (Å²) in [5.41, 5.74) is 5.27. The van der Waals surface area contributed by atoms with Gasteiger partial charge in [0.1, 0.15) is 0 Å². The van der Waals surface area contributed by atoms with Gasteiger partial charge in [-0.1, -0.05) is 37.3 Å². The number of aromatic nitrogens is 2. The molecular formula is C29H27N3O3S. The third-order valence-corrected chi connectivity index (χ3v) is 8.09. The lowest BCUT2D eigenvalue weighted by atomic mass is 10.0. The first-order chi connectivity index (χ1) is 17.3. The molecule has 36 heavy (non-hydrogen) atoms. The number of sulfone groups is 1. The van der Waals surface area contributed by atoms with Gasteiger partial charge in [0.15, 0.2) is 9.84 Å². The lowest BCUT2D eigenvalue weighted by Gasteiger charge is -2.14. The van der Waals surface area contributed by atoms with Crippen molar-refractivity contribution in [2.45, 2.75) is 18.4 Å². The van der Waals surface area contributed by atoms with E-state index in [0.29, 0.717) is 5.69 Å². The molecule has 0 saturated heterocycles. The van der Waals surface area contributed by atoms with Crippen LogP contribution in [0.4, 0.5) is 0 Å². The Balaban J connectivity index is 1.69. The van der Waals surface area contributed by atoms with Crippen molar-refractivity contribution < 1.29 is 8.42 Å². The predicted octanol–water partition coefficient (Wildman–Crippen LogP) is 5.06. The molecule has 0 aliphatic rings. The lowest BCUT2D eigenvalue weighted by Crippen LogP contribution is -2.18. The summed E-state index contributed by atoms with van der Waals surface area (Å²) in [6, 6.07) is 24.3. The predicted molar refractivity (Wildman–Crippen MR) is 145 cm³/mol. The molecule has 0 radical (unpaired) electrons. The Bertz CT molecular complexity index is 1740. The zero-order valence-electron chi connectivity index (χ0n) is 20.5. The van der Waals surface area contributed by atoms with Crippen LogP contribution in [0, 0.1) is 0 Å². The van der Waals surface area contributed by atoms with E-state index in [1.54, 1.807) is 48.0 Å². The zero-order chi connectivity index (χ0) is 25.4. The number of benzene rings is 3. The summed E-state index contributed by atoms with van der Waals surface area (Å²) in [5.74, 6) is 0.0236. The molecule has 5 rings (SSSR count). The van der Waals surface area contributed by atoms with Crippen molar-refractivity contribution in [2.24, 2.45) is 0 Å². The van der Waals surface area contributed by atoms with E-state index in [4.69, 9.17) is 0 Å². The summed E-state index contributed by atoms with van der Waals surface area (Å²) >= 11 is 0. The van der Waals surface area contributed by atoms with Gasteiger partial charge >= 0.3 is 0 Å². The second-order valence-corrected chi connectivity index (χ2v) is 11.4. The third-order valence-electron chi connectivity index (χ3n) is 6.34. The van der Waals surface area contributed by atoms with E-state index in [2.05, 4.69) is 40.2 Å². The van der Waals surface area contributed by atoms with Gasteiger partial charge in [-0.05, 0) is 73.3 Å². The molecule has 5 aromatic rings. The molecule has 2 heterocycles. The Labute approximate surface area is 210 Å². The minimum absolute atomic E-state index is 0.0236. The minimum Gasteiger partial charge on any atom is -0.305 e. The van der Waals surface area contributed by atoms with Crippen molar-refractivity contribution in [1.82, 2.24) is 14.5 Å². The largest absolute Gasteiger partial charge is 0.305 e. The first-order valence-electron chi connectivity index (χ1n) is 11.8. The number of hydrogen-bond donors (Lipinski definition) is 0. The van der Waals surface area contributed by atoms with Gasteiger partial charge in [-0.15, -0.1) is 0 Å². The third kappa shape index (κ3) is 4.43. The molecule has 0 unspecified atom stereocenters. The van der Waals surface area contributed by atoms with Gasteiger partial charge in [-0.2, -0.15) is 0 Å².